The Morgan fingerprint density at radius 2 is 1.82 bits per heavy atom. The maximum atomic E-state index is 13.0. The second-order valence-corrected chi connectivity index (χ2v) is 6.47. The molecule has 0 aliphatic heterocycles. The molecule has 2 rings (SSSR count). The zero-order chi connectivity index (χ0) is 20.4. The molecule has 28 heavy (non-hydrogen) atoms. The number of aryl methyl sites for hydroxylation is 1. The largest absolute Gasteiger partial charge is 0.492 e. The maximum Gasteiger partial charge on any atom is 0.222 e. The first-order chi connectivity index (χ1) is 13.5. The standard InChI is InChI=1S/C21H27FN4O2/c1-15-3-9-19(10-4-15)28-12-11-25-21(24-2)26-14-17(20(23)27)13-16-5-7-18(22)8-6-16/h3-10,17H,11-14H2,1-2H3,(H2,23,27)(H2,24,25,26). The zero-order valence-electron chi connectivity index (χ0n) is 16.2. The molecule has 7 heteroatoms. The summed E-state index contributed by atoms with van der Waals surface area (Å²) in [6.45, 7) is 3.37. The molecular formula is C21H27FN4O2. The molecule has 2 aromatic rings. The van der Waals surface area contributed by atoms with Crippen LogP contribution in [0.3, 0.4) is 0 Å². The SMILES string of the molecule is CN=C(NCCOc1ccc(C)cc1)NCC(Cc1ccc(F)cc1)C(N)=O. The second-order valence-electron chi connectivity index (χ2n) is 6.47. The summed E-state index contributed by atoms with van der Waals surface area (Å²) in [5.74, 6) is 0.194. The van der Waals surface area contributed by atoms with E-state index in [-0.39, 0.29) is 5.82 Å². The van der Waals surface area contributed by atoms with Gasteiger partial charge in [-0.15, -0.1) is 0 Å². The summed E-state index contributed by atoms with van der Waals surface area (Å²) < 4.78 is 18.7. The maximum absolute atomic E-state index is 13.0. The number of ether oxygens (including phenoxy) is 1. The van der Waals surface area contributed by atoms with Gasteiger partial charge in [0.1, 0.15) is 18.2 Å². The fourth-order valence-electron chi connectivity index (χ4n) is 2.59. The molecule has 1 amide bonds. The van der Waals surface area contributed by atoms with E-state index in [4.69, 9.17) is 10.5 Å². The van der Waals surface area contributed by atoms with Crippen molar-refractivity contribution in [3.63, 3.8) is 0 Å². The highest BCUT2D eigenvalue weighted by Gasteiger charge is 2.16. The quantitative estimate of drug-likeness (QED) is 0.349. The minimum Gasteiger partial charge on any atom is -0.492 e. The topological polar surface area (TPSA) is 88.7 Å². The molecule has 0 fully saturated rings. The highest BCUT2D eigenvalue weighted by molar-refractivity contribution is 5.81. The fraction of sp³-hybridized carbons (Fsp3) is 0.333. The van der Waals surface area contributed by atoms with Crippen molar-refractivity contribution in [2.75, 3.05) is 26.7 Å². The Kier molecular flexibility index (Phi) is 8.27. The molecule has 150 valence electrons. The summed E-state index contributed by atoms with van der Waals surface area (Å²) in [6, 6.07) is 13.9. The zero-order valence-corrected chi connectivity index (χ0v) is 16.2. The Hall–Kier alpha value is -3.09. The summed E-state index contributed by atoms with van der Waals surface area (Å²) in [5, 5.41) is 6.23. The van der Waals surface area contributed by atoms with E-state index in [2.05, 4.69) is 15.6 Å². The molecule has 4 N–H and O–H groups in total. The van der Waals surface area contributed by atoms with Gasteiger partial charge in [-0.2, -0.15) is 0 Å². The average Bonchev–Trinajstić information content (AvgIpc) is 2.69. The third-order valence-corrected chi connectivity index (χ3v) is 4.22. The normalized spacial score (nSPS) is 12.3. The van der Waals surface area contributed by atoms with Crippen molar-refractivity contribution < 1.29 is 13.9 Å². The van der Waals surface area contributed by atoms with E-state index in [0.717, 1.165) is 11.3 Å². The first-order valence-corrected chi connectivity index (χ1v) is 9.15. The van der Waals surface area contributed by atoms with Gasteiger partial charge in [-0.1, -0.05) is 29.8 Å². The van der Waals surface area contributed by atoms with Crippen molar-refractivity contribution in [1.82, 2.24) is 10.6 Å². The van der Waals surface area contributed by atoms with Gasteiger partial charge in [0.15, 0.2) is 5.96 Å². The Labute approximate surface area is 165 Å². The lowest BCUT2D eigenvalue weighted by molar-refractivity contribution is -0.121. The smallest absolute Gasteiger partial charge is 0.222 e. The molecule has 0 spiro atoms. The van der Waals surface area contributed by atoms with Gasteiger partial charge < -0.3 is 21.1 Å². The van der Waals surface area contributed by atoms with Crippen molar-refractivity contribution in [2.24, 2.45) is 16.6 Å². The lowest BCUT2D eigenvalue weighted by atomic mass is 9.98. The van der Waals surface area contributed by atoms with Crippen LogP contribution in [0.5, 0.6) is 5.75 Å². The lowest BCUT2D eigenvalue weighted by Gasteiger charge is -2.17. The Morgan fingerprint density at radius 3 is 2.43 bits per heavy atom. The monoisotopic (exact) mass is 386 g/mol. The van der Waals surface area contributed by atoms with Crippen LogP contribution in [-0.2, 0) is 11.2 Å². The number of amides is 1. The van der Waals surface area contributed by atoms with E-state index in [0.29, 0.717) is 32.1 Å². The van der Waals surface area contributed by atoms with Crippen LogP contribution in [0, 0.1) is 18.7 Å². The van der Waals surface area contributed by atoms with Gasteiger partial charge in [0.05, 0.1) is 12.5 Å². The second kappa shape index (κ2) is 10.9. The molecule has 0 saturated heterocycles. The minimum atomic E-state index is -0.437. The summed E-state index contributed by atoms with van der Waals surface area (Å²) in [5.41, 5.74) is 7.53. The summed E-state index contributed by atoms with van der Waals surface area (Å²) in [7, 11) is 1.65. The van der Waals surface area contributed by atoms with Crippen LogP contribution < -0.4 is 21.1 Å². The summed E-state index contributed by atoms with van der Waals surface area (Å²) in [6.07, 6.45) is 0.427. The molecule has 0 radical (unpaired) electrons. The van der Waals surface area contributed by atoms with E-state index in [1.807, 2.05) is 31.2 Å². The van der Waals surface area contributed by atoms with Gasteiger partial charge in [-0.3, -0.25) is 9.79 Å². The van der Waals surface area contributed by atoms with Crippen molar-refractivity contribution in [1.29, 1.82) is 0 Å². The van der Waals surface area contributed by atoms with E-state index in [9.17, 15) is 9.18 Å². The average molecular weight is 386 g/mol. The number of guanidine groups is 1. The number of hydrogen-bond donors (Lipinski definition) is 3. The number of carbonyl (C=O) groups excluding carboxylic acids is 1. The number of primary amides is 1. The van der Waals surface area contributed by atoms with Crippen molar-refractivity contribution >= 4 is 11.9 Å². The molecule has 0 saturated carbocycles. The predicted molar refractivity (Wildman–Crippen MR) is 109 cm³/mol. The Morgan fingerprint density at radius 1 is 1.14 bits per heavy atom. The Balaban J connectivity index is 1.76. The third-order valence-electron chi connectivity index (χ3n) is 4.22. The number of nitrogens with one attached hydrogen (secondary N) is 2. The molecule has 1 unspecified atom stereocenters. The van der Waals surface area contributed by atoms with E-state index in [1.165, 1.54) is 17.7 Å². The highest BCUT2D eigenvalue weighted by atomic mass is 19.1. The van der Waals surface area contributed by atoms with Gasteiger partial charge in [0.25, 0.3) is 0 Å². The summed E-state index contributed by atoms with van der Waals surface area (Å²) >= 11 is 0. The van der Waals surface area contributed by atoms with Crippen LogP contribution in [0.4, 0.5) is 4.39 Å². The van der Waals surface area contributed by atoms with Gasteiger partial charge in [0.2, 0.25) is 5.91 Å². The number of halogens is 1. The number of benzene rings is 2. The van der Waals surface area contributed by atoms with Crippen molar-refractivity contribution in [3.8, 4) is 5.75 Å². The van der Waals surface area contributed by atoms with Crippen molar-refractivity contribution in [3.05, 3.63) is 65.5 Å². The van der Waals surface area contributed by atoms with E-state index < -0.39 is 11.8 Å². The van der Waals surface area contributed by atoms with Gasteiger partial charge >= 0.3 is 0 Å². The first-order valence-electron chi connectivity index (χ1n) is 9.15. The minimum absolute atomic E-state index is 0.310. The fourth-order valence-corrected chi connectivity index (χ4v) is 2.59. The number of hydrogen-bond acceptors (Lipinski definition) is 3. The number of carbonyl (C=O) groups is 1. The van der Waals surface area contributed by atoms with Crippen LogP contribution in [-0.4, -0.2) is 38.6 Å². The molecule has 0 aliphatic rings. The molecule has 0 bridgehead atoms. The summed E-state index contributed by atoms with van der Waals surface area (Å²) in [4.78, 5) is 15.9. The molecular weight excluding hydrogens is 359 g/mol. The van der Waals surface area contributed by atoms with E-state index >= 15 is 0 Å². The number of nitrogens with zero attached hydrogens (tertiary/aromatic N) is 1. The molecule has 1 atom stereocenters. The van der Waals surface area contributed by atoms with Gasteiger partial charge in [0, 0.05) is 13.6 Å². The van der Waals surface area contributed by atoms with Crippen LogP contribution in [0.1, 0.15) is 11.1 Å². The number of aliphatic imine (C=N–C) groups is 1. The molecule has 6 nitrogen and oxygen atoms in total. The van der Waals surface area contributed by atoms with Crippen LogP contribution in [0.2, 0.25) is 0 Å². The predicted octanol–water partition coefficient (Wildman–Crippen LogP) is 2.02. The van der Waals surface area contributed by atoms with E-state index in [1.54, 1.807) is 19.2 Å². The first kappa shape index (κ1) is 21.2. The molecule has 2 aromatic carbocycles. The van der Waals surface area contributed by atoms with Crippen molar-refractivity contribution in [2.45, 2.75) is 13.3 Å². The molecule has 0 heterocycles. The number of nitrogens with two attached hydrogens (primary N) is 1. The number of rotatable bonds is 9. The molecule has 0 aromatic heterocycles. The third kappa shape index (κ3) is 7.26. The van der Waals surface area contributed by atoms with Crippen LogP contribution in [0.25, 0.3) is 0 Å². The van der Waals surface area contributed by atoms with Gasteiger partial charge in [-0.25, -0.2) is 4.39 Å². The highest BCUT2D eigenvalue weighted by Crippen LogP contribution is 2.11. The lowest BCUT2D eigenvalue weighted by Crippen LogP contribution is -2.44. The Bertz CT molecular complexity index is 776. The molecule has 0 aliphatic carbocycles. The van der Waals surface area contributed by atoms with Crippen LogP contribution >= 0.6 is 0 Å². The van der Waals surface area contributed by atoms with Crippen LogP contribution in [0.15, 0.2) is 53.5 Å². The van der Waals surface area contributed by atoms with Gasteiger partial charge in [-0.05, 0) is 43.2 Å².